The largest absolute Gasteiger partial charge is 0.487 e. The smallest absolute Gasteiger partial charge is 0.333 e. The molecule has 1 unspecified atom stereocenters. The summed E-state index contributed by atoms with van der Waals surface area (Å²) in [5.41, 5.74) is 0.0881. The van der Waals surface area contributed by atoms with E-state index in [9.17, 15) is 14.9 Å². The number of para-hydroxylation sites is 1. The Hall–Kier alpha value is -2.31. The molecule has 21 heavy (non-hydrogen) atoms. The Labute approximate surface area is 123 Å². The summed E-state index contributed by atoms with van der Waals surface area (Å²) in [7, 11) is 0. The zero-order chi connectivity index (χ0) is 16.0. The van der Waals surface area contributed by atoms with Gasteiger partial charge in [0.05, 0.1) is 17.4 Å². The molecule has 0 amide bonds. The van der Waals surface area contributed by atoms with E-state index in [4.69, 9.17) is 9.84 Å². The molecule has 1 aromatic carbocycles. The molecule has 0 bridgehead atoms. The summed E-state index contributed by atoms with van der Waals surface area (Å²) in [6.45, 7) is 5.76. The Balaban J connectivity index is 3.00. The van der Waals surface area contributed by atoms with Gasteiger partial charge in [-0.3, -0.25) is 14.9 Å². The number of carbonyl (C=O) groups is 1. The predicted octanol–water partition coefficient (Wildman–Crippen LogP) is 2.76. The van der Waals surface area contributed by atoms with Crippen molar-refractivity contribution in [3.05, 3.63) is 28.3 Å². The van der Waals surface area contributed by atoms with Gasteiger partial charge in [-0.25, -0.2) is 0 Å². The maximum absolute atomic E-state index is 11.2. The fourth-order valence-corrected chi connectivity index (χ4v) is 1.95. The van der Waals surface area contributed by atoms with Gasteiger partial charge >= 0.3 is 11.7 Å². The van der Waals surface area contributed by atoms with Crippen molar-refractivity contribution in [3.8, 4) is 5.75 Å². The van der Waals surface area contributed by atoms with Crippen LogP contribution in [-0.2, 0) is 4.79 Å². The first-order valence-electron chi connectivity index (χ1n) is 6.75. The molecule has 0 aromatic heterocycles. The maximum atomic E-state index is 11.2. The first-order valence-corrected chi connectivity index (χ1v) is 6.75. The lowest BCUT2D eigenvalue weighted by Gasteiger charge is -2.18. The summed E-state index contributed by atoms with van der Waals surface area (Å²) in [6.07, 6.45) is 0. The van der Waals surface area contributed by atoms with Gasteiger partial charge in [0, 0.05) is 6.54 Å². The molecule has 0 heterocycles. The monoisotopic (exact) mass is 296 g/mol. The maximum Gasteiger partial charge on any atom is 0.333 e. The number of benzene rings is 1. The second-order valence-electron chi connectivity index (χ2n) is 4.91. The zero-order valence-electron chi connectivity index (χ0n) is 12.3. The van der Waals surface area contributed by atoms with Crippen molar-refractivity contribution in [1.29, 1.82) is 0 Å². The van der Waals surface area contributed by atoms with Crippen LogP contribution in [0.2, 0.25) is 0 Å². The average Bonchev–Trinajstić information content (AvgIpc) is 2.38. The van der Waals surface area contributed by atoms with Crippen LogP contribution in [0.1, 0.15) is 20.8 Å². The van der Waals surface area contributed by atoms with Crippen LogP contribution in [0.5, 0.6) is 5.75 Å². The van der Waals surface area contributed by atoms with Crippen molar-refractivity contribution in [2.75, 3.05) is 18.5 Å². The van der Waals surface area contributed by atoms with Gasteiger partial charge in [0.1, 0.15) is 5.69 Å². The Bertz CT molecular complexity index is 516. The summed E-state index contributed by atoms with van der Waals surface area (Å²) in [4.78, 5) is 21.8. The van der Waals surface area contributed by atoms with Gasteiger partial charge in [-0.05, 0) is 25.0 Å². The highest BCUT2D eigenvalue weighted by Gasteiger charge is 2.25. The summed E-state index contributed by atoms with van der Waals surface area (Å²) < 4.78 is 5.24. The lowest BCUT2D eigenvalue weighted by molar-refractivity contribution is -0.384. The fraction of sp³-hybridized carbons (Fsp3) is 0.500. The van der Waals surface area contributed by atoms with E-state index in [-0.39, 0.29) is 29.6 Å². The van der Waals surface area contributed by atoms with Crippen molar-refractivity contribution in [1.82, 2.24) is 0 Å². The molecule has 0 radical (unpaired) electrons. The van der Waals surface area contributed by atoms with Gasteiger partial charge < -0.3 is 15.2 Å². The standard InChI is InChI=1S/C14H20N2O5/c1-4-21-12-7-5-6-11(13(12)16(19)20)15-8-10(9(2)3)14(17)18/h5-7,9-10,15H,4,8H2,1-3H3,(H,17,18). The van der Waals surface area contributed by atoms with Gasteiger partial charge in [0.15, 0.2) is 5.75 Å². The van der Waals surface area contributed by atoms with E-state index >= 15 is 0 Å². The van der Waals surface area contributed by atoms with Gasteiger partial charge in [0.25, 0.3) is 0 Å². The average molecular weight is 296 g/mol. The molecule has 1 rings (SSSR count). The molecule has 0 aliphatic carbocycles. The molecule has 0 saturated heterocycles. The number of nitro groups is 1. The van der Waals surface area contributed by atoms with Crippen molar-refractivity contribution in [2.45, 2.75) is 20.8 Å². The number of nitrogens with zero attached hydrogens (tertiary/aromatic N) is 1. The minimum absolute atomic E-state index is 0.0795. The fourth-order valence-electron chi connectivity index (χ4n) is 1.95. The first-order chi connectivity index (χ1) is 9.88. The zero-order valence-corrected chi connectivity index (χ0v) is 12.3. The molecule has 1 aromatic rings. The third-order valence-electron chi connectivity index (χ3n) is 3.12. The van der Waals surface area contributed by atoms with E-state index in [1.807, 2.05) is 0 Å². The van der Waals surface area contributed by atoms with E-state index in [2.05, 4.69) is 5.32 Å². The van der Waals surface area contributed by atoms with Gasteiger partial charge in [-0.1, -0.05) is 19.9 Å². The minimum atomic E-state index is -0.930. The molecule has 7 heteroatoms. The molecule has 0 spiro atoms. The second kappa shape index (κ2) is 7.47. The highest BCUT2D eigenvalue weighted by Crippen LogP contribution is 2.35. The molecular formula is C14H20N2O5. The topological polar surface area (TPSA) is 102 Å². The number of nitro benzene ring substituents is 1. The van der Waals surface area contributed by atoms with Gasteiger partial charge in [-0.15, -0.1) is 0 Å². The first kappa shape index (κ1) is 16.7. The molecule has 2 N–H and O–H groups in total. The Morgan fingerprint density at radius 1 is 1.48 bits per heavy atom. The van der Waals surface area contributed by atoms with E-state index < -0.39 is 16.8 Å². The minimum Gasteiger partial charge on any atom is -0.487 e. The third-order valence-corrected chi connectivity index (χ3v) is 3.12. The quantitative estimate of drug-likeness (QED) is 0.565. The van der Waals surface area contributed by atoms with E-state index in [1.54, 1.807) is 32.9 Å². The van der Waals surface area contributed by atoms with Gasteiger partial charge in [-0.2, -0.15) is 0 Å². The molecule has 116 valence electrons. The van der Waals surface area contributed by atoms with Crippen molar-refractivity contribution < 1.29 is 19.6 Å². The van der Waals surface area contributed by atoms with Crippen molar-refractivity contribution >= 4 is 17.3 Å². The summed E-state index contributed by atoms with van der Waals surface area (Å²) in [6, 6.07) is 4.69. The van der Waals surface area contributed by atoms with Crippen molar-refractivity contribution in [3.63, 3.8) is 0 Å². The Morgan fingerprint density at radius 2 is 2.14 bits per heavy atom. The number of anilines is 1. The summed E-state index contributed by atoms with van der Waals surface area (Å²) in [5.74, 6) is -1.46. The molecule has 0 fully saturated rings. The van der Waals surface area contributed by atoms with Crippen LogP contribution in [0.4, 0.5) is 11.4 Å². The third kappa shape index (κ3) is 4.34. The van der Waals surface area contributed by atoms with Crippen LogP contribution in [0, 0.1) is 22.0 Å². The number of nitrogens with one attached hydrogen (secondary N) is 1. The number of carboxylic acids is 1. The molecule has 1 atom stereocenters. The lowest BCUT2D eigenvalue weighted by atomic mass is 9.96. The second-order valence-corrected chi connectivity index (χ2v) is 4.91. The van der Waals surface area contributed by atoms with Crippen LogP contribution < -0.4 is 10.1 Å². The lowest BCUT2D eigenvalue weighted by Crippen LogP contribution is -2.27. The number of hydrogen-bond acceptors (Lipinski definition) is 5. The number of aliphatic carboxylic acids is 1. The highest BCUT2D eigenvalue weighted by atomic mass is 16.6. The number of hydrogen-bond donors (Lipinski definition) is 2. The van der Waals surface area contributed by atoms with E-state index in [0.29, 0.717) is 6.61 Å². The SMILES string of the molecule is CCOc1cccc(NCC(C(=O)O)C(C)C)c1[N+](=O)[O-]. The Kier molecular flexibility index (Phi) is 5.95. The molecule has 7 nitrogen and oxygen atoms in total. The van der Waals surface area contributed by atoms with Crippen LogP contribution in [0.15, 0.2) is 18.2 Å². The van der Waals surface area contributed by atoms with E-state index in [1.165, 1.54) is 6.07 Å². The van der Waals surface area contributed by atoms with Crippen LogP contribution in [0.3, 0.4) is 0 Å². The molecule has 0 aliphatic rings. The Morgan fingerprint density at radius 3 is 2.62 bits per heavy atom. The molecular weight excluding hydrogens is 276 g/mol. The normalized spacial score (nSPS) is 12.0. The van der Waals surface area contributed by atoms with E-state index in [0.717, 1.165) is 0 Å². The van der Waals surface area contributed by atoms with Gasteiger partial charge in [0.2, 0.25) is 0 Å². The number of ether oxygens (including phenoxy) is 1. The number of carboxylic acid groups (broad SMARTS) is 1. The predicted molar refractivity (Wildman–Crippen MR) is 78.7 cm³/mol. The summed E-state index contributed by atoms with van der Waals surface area (Å²) in [5, 5.41) is 23.2. The summed E-state index contributed by atoms with van der Waals surface area (Å²) >= 11 is 0. The number of rotatable bonds is 8. The molecule has 0 aliphatic heterocycles. The van der Waals surface area contributed by atoms with Crippen molar-refractivity contribution in [2.24, 2.45) is 11.8 Å². The highest BCUT2D eigenvalue weighted by molar-refractivity contribution is 5.73. The van der Waals surface area contributed by atoms with Crippen LogP contribution >= 0.6 is 0 Å². The van der Waals surface area contributed by atoms with Crippen LogP contribution in [-0.4, -0.2) is 29.2 Å². The van der Waals surface area contributed by atoms with Crippen LogP contribution in [0.25, 0.3) is 0 Å². The molecule has 0 saturated carbocycles.